The zero-order valence-corrected chi connectivity index (χ0v) is 11.1. The van der Waals surface area contributed by atoms with E-state index in [1.807, 2.05) is 30.3 Å². The van der Waals surface area contributed by atoms with Crippen LogP contribution < -0.4 is 4.90 Å². The minimum Gasteiger partial charge on any atom is -0.311 e. The molecule has 96 valence electrons. The Hall–Kier alpha value is -1.82. The van der Waals surface area contributed by atoms with Crippen molar-refractivity contribution in [3.05, 3.63) is 30.3 Å². The van der Waals surface area contributed by atoms with Crippen LogP contribution in [-0.4, -0.2) is 12.5 Å². The molecule has 0 spiro atoms. The molecule has 18 heavy (non-hydrogen) atoms. The first-order valence-corrected chi connectivity index (χ1v) is 6.41. The predicted octanol–water partition coefficient (Wildman–Crippen LogP) is 3.37. The predicted molar refractivity (Wildman–Crippen MR) is 73.1 cm³/mol. The van der Waals surface area contributed by atoms with Gasteiger partial charge in [0, 0.05) is 18.7 Å². The number of carbonyl (C=O) groups excluding carboxylic acids is 1. The van der Waals surface area contributed by atoms with Crippen molar-refractivity contribution in [1.29, 1.82) is 5.26 Å². The van der Waals surface area contributed by atoms with Crippen LogP contribution in [0, 0.1) is 17.2 Å². The first kappa shape index (κ1) is 14.2. The van der Waals surface area contributed by atoms with Crippen LogP contribution in [0.4, 0.5) is 5.69 Å². The van der Waals surface area contributed by atoms with Gasteiger partial charge in [-0.1, -0.05) is 38.5 Å². The van der Waals surface area contributed by atoms with Crippen molar-refractivity contribution in [2.24, 2.45) is 5.92 Å². The molecule has 1 aromatic rings. The smallest absolute Gasteiger partial charge is 0.227 e. The van der Waals surface area contributed by atoms with Crippen LogP contribution in [0.3, 0.4) is 0 Å². The fraction of sp³-hybridized carbons (Fsp3) is 0.467. The van der Waals surface area contributed by atoms with Gasteiger partial charge in [-0.15, -0.1) is 0 Å². The Morgan fingerprint density at radius 1 is 1.39 bits per heavy atom. The minimum atomic E-state index is 0.103. The van der Waals surface area contributed by atoms with Crippen molar-refractivity contribution < 1.29 is 4.79 Å². The molecular formula is C15H20N2O. The van der Waals surface area contributed by atoms with Crippen LogP contribution >= 0.6 is 0 Å². The summed E-state index contributed by atoms with van der Waals surface area (Å²) in [6.07, 6.45) is 1.89. The van der Waals surface area contributed by atoms with Crippen LogP contribution in [0.25, 0.3) is 0 Å². The van der Waals surface area contributed by atoms with Gasteiger partial charge in [-0.25, -0.2) is 0 Å². The van der Waals surface area contributed by atoms with Crippen LogP contribution in [0.5, 0.6) is 0 Å². The average Bonchev–Trinajstić information content (AvgIpc) is 2.40. The van der Waals surface area contributed by atoms with Gasteiger partial charge in [-0.05, 0) is 18.1 Å². The van der Waals surface area contributed by atoms with Gasteiger partial charge in [-0.3, -0.25) is 4.79 Å². The van der Waals surface area contributed by atoms with Gasteiger partial charge in [0.05, 0.1) is 12.5 Å². The molecule has 0 N–H and O–H groups in total. The highest BCUT2D eigenvalue weighted by atomic mass is 16.2. The lowest BCUT2D eigenvalue weighted by atomic mass is 10.0. The van der Waals surface area contributed by atoms with E-state index in [1.54, 1.807) is 4.90 Å². The third-order valence-corrected chi connectivity index (χ3v) is 3.04. The number of benzene rings is 1. The lowest BCUT2D eigenvalue weighted by Crippen LogP contribution is -2.32. The topological polar surface area (TPSA) is 44.1 Å². The summed E-state index contributed by atoms with van der Waals surface area (Å²) >= 11 is 0. The molecule has 0 saturated carbocycles. The maximum absolute atomic E-state index is 12.2. The lowest BCUT2D eigenvalue weighted by Gasteiger charge is -2.23. The molecule has 3 heteroatoms. The Kier molecular flexibility index (Phi) is 5.93. The second kappa shape index (κ2) is 7.50. The summed E-state index contributed by atoms with van der Waals surface area (Å²) in [4.78, 5) is 14.0. The Labute approximate surface area is 109 Å². The molecule has 0 aliphatic heterocycles. The molecule has 0 aliphatic rings. The van der Waals surface area contributed by atoms with Crippen molar-refractivity contribution in [3.63, 3.8) is 0 Å². The molecule has 0 saturated heterocycles. The van der Waals surface area contributed by atoms with E-state index in [9.17, 15) is 4.79 Å². The second-order valence-corrected chi connectivity index (χ2v) is 4.51. The van der Waals surface area contributed by atoms with E-state index < -0.39 is 0 Å². The SMILES string of the molecule is CCC(C)CC(=O)N(CCC#N)c1ccccc1. The standard InChI is InChI=1S/C15H20N2O/c1-3-13(2)12-15(18)17(11-7-10-16)14-8-5-4-6-9-14/h4-6,8-9,13H,3,7,11-12H2,1-2H3. The van der Waals surface area contributed by atoms with Gasteiger partial charge in [0.15, 0.2) is 0 Å². The zero-order chi connectivity index (χ0) is 13.4. The number of carbonyl (C=O) groups is 1. The number of nitriles is 1. The number of rotatable bonds is 6. The largest absolute Gasteiger partial charge is 0.311 e. The highest BCUT2D eigenvalue weighted by Gasteiger charge is 2.17. The molecule has 1 atom stereocenters. The number of hydrogen-bond donors (Lipinski definition) is 0. The first-order valence-electron chi connectivity index (χ1n) is 6.41. The van der Waals surface area contributed by atoms with Gasteiger partial charge in [-0.2, -0.15) is 5.26 Å². The molecule has 1 aromatic carbocycles. The van der Waals surface area contributed by atoms with E-state index in [1.165, 1.54) is 0 Å². The maximum atomic E-state index is 12.2. The van der Waals surface area contributed by atoms with Crippen LogP contribution in [0.1, 0.15) is 33.1 Å². The van der Waals surface area contributed by atoms with Gasteiger partial charge in [0.25, 0.3) is 0 Å². The van der Waals surface area contributed by atoms with Crippen molar-refractivity contribution in [3.8, 4) is 6.07 Å². The van der Waals surface area contributed by atoms with Crippen molar-refractivity contribution >= 4 is 11.6 Å². The lowest BCUT2D eigenvalue weighted by molar-refractivity contribution is -0.119. The Balaban J connectivity index is 2.79. The number of para-hydroxylation sites is 1. The summed E-state index contributed by atoms with van der Waals surface area (Å²) in [5.41, 5.74) is 0.876. The molecule has 1 amide bonds. The maximum Gasteiger partial charge on any atom is 0.227 e. The van der Waals surface area contributed by atoms with E-state index in [0.29, 0.717) is 25.3 Å². The summed E-state index contributed by atoms with van der Waals surface area (Å²) in [6.45, 7) is 4.63. The Bertz CT molecular complexity index is 408. The molecule has 1 unspecified atom stereocenters. The fourth-order valence-electron chi connectivity index (χ4n) is 1.72. The van der Waals surface area contributed by atoms with Crippen molar-refractivity contribution in [2.75, 3.05) is 11.4 Å². The van der Waals surface area contributed by atoms with Gasteiger partial charge in [0.1, 0.15) is 0 Å². The number of anilines is 1. The Morgan fingerprint density at radius 2 is 2.06 bits per heavy atom. The van der Waals surface area contributed by atoms with Crippen LogP contribution in [-0.2, 0) is 4.79 Å². The van der Waals surface area contributed by atoms with Gasteiger partial charge < -0.3 is 4.90 Å². The molecule has 0 heterocycles. The molecule has 0 fully saturated rings. The molecule has 1 rings (SSSR count). The summed E-state index contributed by atoms with van der Waals surface area (Å²) < 4.78 is 0. The summed E-state index contributed by atoms with van der Waals surface area (Å²) in [5.74, 6) is 0.483. The first-order chi connectivity index (χ1) is 8.69. The fourth-order valence-corrected chi connectivity index (χ4v) is 1.72. The summed E-state index contributed by atoms with van der Waals surface area (Å²) in [7, 11) is 0. The number of nitrogens with zero attached hydrogens (tertiary/aromatic N) is 2. The molecule has 0 aliphatic carbocycles. The molecule has 0 bridgehead atoms. The zero-order valence-electron chi connectivity index (χ0n) is 11.1. The van der Waals surface area contributed by atoms with E-state index in [2.05, 4.69) is 19.9 Å². The van der Waals surface area contributed by atoms with Crippen molar-refractivity contribution in [2.45, 2.75) is 33.1 Å². The Morgan fingerprint density at radius 3 is 2.61 bits per heavy atom. The normalized spacial score (nSPS) is 11.6. The van der Waals surface area contributed by atoms with Crippen LogP contribution in [0.2, 0.25) is 0 Å². The molecular weight excluding hydrogens is 224 g/mol. The minimum absolute atomic E-state index is 0.103. The van der Waals surface area contributed by atoms with E-state index in [4.69, 9.17) is 5.26 Å². The van der Waals surface area contributed by atoms with E-state index >= 15 is 0 Å². The van der Waals surface area contributed by atoms with E-state index in [-0.39, 0.29) is 5.91 Å². The number of amides is 1. The summed E-state index contributed by atoms with van der Waals surface area (Å²) in [6, 6.07) is 11.7. The van der Waals surface area contributed by atoms with Crippen LogP contribution in [0.15, 0.2) is 30.3 Å². The average molecular weight is 244 g/mol. The highest BCUT2D eigenvalue weighted by molar-refractivity contribution is 5.93. The quantitative estimate of drug-likeness (QED) is 0.770. The molecule has 0 radical (unpaired) electrons. The second-order valence-electron chi connectivity index (χ2n) is 4.51. The van der Waals surface area contributed by atoms with Crippen molar-refractivity contribution in [1.82, 2.24) is 0 Å². The third kappa shape index (κ3) is 4.21. The molecule has 0 aromatic heterocycles. The highest BCUT2D eigenvalue weighted by Crippen LogP contribution is 2.17. The number of hydrogen-bond acceptors (Lipinski definition) is 2. The monoisotopic (exact) mass is 244 g/mol. The van der Waals surface area contributed by atoms with E-state index in [0.717, 1.165) is 12.1 Å². The molecule has 3 nitrogen and oxygen atoms in total. The third-order valence-electron chi connectivity index (χ3n) is 3.04. The summed E-state index contributed by atoms with van der Waals surface area (Å²) in [5, 5.41) is 8.68. The van der Waals surface area contributed by atoms with Gasteiger partial charge >= 0.3 is 0 Å². The van der Waals surface area contributed by atoms with Gasteiger partial charge in [0.2, 0.25) is 5.91 Å².